The summed E-state index contributed by atoms with van der Waals surface area (Å²) in [6.45, 7) is 4.06. The molecule has 0 bridgehead atoms. The van der Waals surface area contributed by atoms with E-state index in [1.807, 2.05) is 0 Å². The number of hydrogen-bond donors (Lipinski definition) is 1. The Hall–Kier alpha value is -1.23. The molecule has 0 saturated heterocycles. The zero-order valence-corrected chi connectivity index (χ0v) is 11.1. The molecule has 0 saturated carbocycles. The molecule has 5 heteroatoms. The lowest BCUT2D eigenvalue weighted by atomic mass is 10.2. The van der Waals surface area contributed by atoms with Crippen LogP contribution < -0.4 is 10.1 Å². The van der Waals surface area contributed by atoms with Gasteiger partial charge in [-0.25, -0.2) is 0 Å². The molecule has 0 atom stereocenters. The van der Waals surface area contributed by atoms with Crippen LogP contribution in [0.1, 0.15) is 31.7 Å². The summed E-state index contributed by atoms with van der Waals surface area (Å²) < 4.78 is 42.7. The number of hydrogen-bond acceptors (Lipinski definition) is 2. The third kappa shape index (κ3) is 6.47. The average Bonchev–Trinajstić information content (AvgIpc) is 2.37. The van der Waals surface area contributed by atoms with Crippen molar-refractivity contribution in [2.75, 3.05) is 19.7 Å². The lowest BCUT2D eigenvalue weighted by Crippen LogP contribution is -2.22. The zero-order chi connectivity index (χ0) is 14.1. The molecule has 0 aliphatic carbocycles. The molecular weight excluding hydrogens is 255 g/mol. The van der Waals surface area contributed by atoms with Crippen LogP contribution in [0.25, 0.3) is 0 Å². The molecule has 0 spiro atoms. The number of alkyl halides is 3. The Morgan fingerprint density at radius 1 is 1.16 bits per heavy atom. The van der Waals surface area contributed by atoms with Gasteiger partial charge in [-0.2, -0.15) is 13.2 Å². The fourth-order valence-electron chi connectivity index (χ4n) is 1.63. The quantitative estimate of drug-likeness (QED) is 0.727. The van der Waals surface area contributed by atoms with E-state index < -0.39 is 11.7 Å². The van der Waals surface area contributed by atoms with Gasteiger partial charge < -0.3 is 10.1 Å². The third-order valence-corrected chi connectivity index (χ3v) is 2.67. The number of unbranched alkanes of at least 4 members (excludes halogenated alkanes) is 2. The van der Waals surface area contributed by atoms with Crippen molar-refractivity contribution in [1.29, 1.82) is 0 Å². The van der Waals surface area contributed by atoms with Crippen molar-refractivity contribution in [3.63, 3.8) is 0 Å². The second-order valence-electron chi connectivity index (χ2n) is 4.33. The van der Waals surface area contributed by atoms with E-state index in [1.165, 1.54) is 25.0 Å². The molecule has 0 unspecified atom stereocenters. The van der Waals surface area contributed by atoms with Crippen LogP contribution in [0.2, 0.25) is 0 Å². The van der Waals surface area contributed by atoms with Crippen molar-refractivity contribution in [3.8, 4) is 5.75 Å². The van der Waals surface area contributed by atoms with Crippen molar-refractivity contribution in [1.82, 2.24) is 5.32 Å². The Kier molecular flexibility index (Phi) is 6.70. The summed E-state index contributed by atoms with van der Waals surface area (Å²) in [4.78, 5) is 0. The van der Waals surface area contributed by atoms with Gasteiger partial charge >= 0.3 is 6.18 Å². The Bertz CT molecular complexity index is 366. The van der Waals surface area contributed by atoms with Gasteiger partial charge in [-0.1, -0.05) is 25.8 Å². The van der Waals surface area contributed by atoms with Gasteiger partial charge in [0.05, 0.1) is 5.56 Å². The number of nitrogens with one attached hydrogen (secondary N) is 1. The van der Waals surface area contributed by atoms with Crippen LogP contribution in [0, 0.1) is 0 Å². The first kappa shape index (κ1) is 15.8. The molecule has 108 valence electrons. The van der Waals surface area contributed by atoms with Crippen molar-refractivity contribution >= 4 is 0 Å². The highest BCUT2D eigenvalue weighted by molar-refractivity contribution is 5.30. The SMILES string of the molecule is CCCCCNCCOc1cccc(C(F)(F)F)c1. The lowest BCUT2D eigenvalue weighted by molar-refractivity contribution is -0.137. The largest absolute Gasteiger partial charge is 0.492 e. The average molecular weight is 275 g/mol. The molecule has 0 amide bonds. The summed E-state index contributed by atoms with van der Waals surface area (Å²) >= 11 is 0. The maximum absolute atomic E-state index is 12.5. The smallest absolute Gasteiger partial charge is 0.416 e. The fourth-order valence-corrected chi connectivity index (χ4v) is 1.63. The number of rotatable bonds is 8. The summed E-state index contributed by atoms with van der Waals surface area (Å²) in [5.41, 5.74) is -0.680. The summed E-state index contributed by atoms with van der Waals surface area (Å²) in [6, 6.07) is 4.95. The van der Waals surface area contributed by atoms with E-state index in [9.17, 15) is 13.2 Å². The lowest BCUT2D eigenvalue weighted by Gasteiger charge is -2.10. The van der Waals surface area contributed by atoms with Crippen molar-refractivity contribution in [2.24, 2.45) is 0 Å². The van der Waals surface area contributed by atoms with E-state index in [-0.39, 0.29) is 5.75 Å². The van der Waals surface area contributed by atoms with Crippen LogP contribution in [0.3, 0.4) is 0 Å². The summed E-state index contributed by atoms with van der Waals surface area (Å²) in [5.74, 6) is 0.255. The summed E-state index contributed by atoms with van der Waals surface area (Å²) in [6.07, 6.45) is -0.859. The monoisotopic (exact) mass is 275 g/mol. The van der Waals surface area contributed by atoms with Crippen LogP contribution in [0.15, 0.2) is 24.3 Å². The topological polar surface area (TPSA) is 21.3 Å². The van der Waals surface area contributed by atoms with Gasteiger partial charge in [0.15, 0.2) is 0 Å². The maximum atomic E-state index is 12.5. The first-order chi connectivity index (χ1) is 9.04. The molecule has 19 heavy (non-hydrogen) atoms. The van der Waals surface area contributed by atoms with Crippen LogP contribution in [0.5, 0.6) is 5.75 Å². The molecule has 2 nitrogen and oxygen atoms in total. The first-order valence-corrected chi connectivity index (χ1v) is 6.55. The number of benzene rings is 1. The number of halogens is 3. The Morgan fingerprint density at radius 3 is 2.63 bits per heavy atom. The third-order valence-electron chi connectivity index (χ3n) is 2.67. The summed E-state index contributed by atoms with van der Waals surface area (Å²) in [7, 11) is 0. The molecule has 0 radical (unpaired) electrons. The highest BCUT2D eigenvalue weighted by Crippen LogP contribution is 2.31. The standard InChI is InChI=1S/C14H20F3NO/c1-2-3-4-8-18-9-10-19-13-7-5-6-12(11-13)14(15,16)17/h5-7,11,18H,2-4,8-10H2,1H3. The van der Waals surface area contributed by atoms with Crippen molar-refractivity contribution < 1.29 is 17.9 Å². The van der Waals surface area contributed by atoms with Gasteiger partial charge in [0.25, 0.3) is 0 Å². The molecule has 1 aromatic carbocycles. The highest BCUT2D eigenvalue weighted by atomic mass is 19.4. The van der Waals surface area contributed by atoms with Crippen LogP contribution in [0.4, 0.5) is 13.2 Å². The van der Waals surface area contributed by atoms with E-state index >= 15 is 0 Å². The molecular formula is C14H20F3NO. The maximum Gasteiger partial charge on any atom is 0.416 e. The van der Waals surface area contributed by atoms with Crippen LogP contribution >= 0.6 is 0 Å². The minimum Gasteiger partial charge on any atom is -0.492 e. The Morgan fingerprint density at radius 2 is 1.95 bits per heavy atom. The zero-order valence-electron chi connectivity index (χ0n) is 11.1. The van der Waals surface area contributed by atoms with Crippen LogP contribution in [-0.4, -0.2) is 19.7 Å². The second kappa shape index (κ2) is 8.04. The predicted molar refractivity (Wildman–Crippen MR) is 69.3 cm³/mol. The molecule has 1 N–H and O–H groups in total. The van der Waals surface area contributed by atoms with Gasteiger partial charge in [0.2, 0.25) is 0 Å². The van der Waals surface area contributed by atoms with Gasteiger partial charge in [-0.15, -0.1) is 0 Å². The van der Waals surface area contributed by atoms with E-state index in [0.29, 0.717) is 13.2 Å². The van der Waals surface area contributed by atoms with E-state index in [0.717, 1.165) is 25.1 Å². The van der Waals surface area contributed by atoms with E-state index in [4.69, 9.17) is 4.74 Å². The van der Waals surface area contributed by atoms with Crippen molar-refractivity contribution in [3.05, 3.63) is 29.8 Å². The van der Waals surface area contributed by atoms with E-state index in [1.54, 1.807) is 0 Å². The van der Waals surface area contributed by atoms with Gasteiger partial charge in [-0.3, -0.25) is 0 Å². The normalized spacial score (nSPS) is 11.6. The predicted octanol–water partition coefficient (Wildman–Crippen LogP) is 3.86. The molecule has 0 fully saturated rings. The van der Waals surface area contributed by atoms with E-state index in [2.05, 4.69) is 12.2 Å². The minimum absolute atomic E-state index is 0.255. The molecule has 0 aromatic heterocycles. The Balaban J connectivity index is 2.26. The molecule has 0 aliphatic rings. The highest BCUT2D eigenvalue weighted by Gasteiger charge is 2.30. The minimum atomic E-state index is -4.32. The molecule has 1 rings (SSSR count). The molecule has 0 heterocycles. The van der Waals surface area contributed by atoms with Gasteiger partial charge in [0, 0.05) is 6.54 Å². The summed E-state index contributed by atoms with van der Waals surface area (Å²) in [5, 5.41) is 3.19. The van der Waals surface area contributed by atoms with Gasteiger partial charge in [-0.05, 0) is 31.2 Å². The van der Waals surface area contributed by atoms with Crippen LogP contribution in [-0.2, 0) is 6.18 Å². The second-order valence-corrected chi connectivity index (χ2v) is 4.33. The van der Waals surface area contributed by atoms with Crippen molar-refractivity contribution in [2.45, 2.75) is 32.4 Å². The number of ether oxygens (including phenoxy) is 1. The molecule has 1 aromatic rings. The first-order valence-electron chi connectivity index (χ1n) is 6.55. The Labute approximate surface area is 112 Å². The van der Waals surface area contributed by atoms with Gasteiger partial charge in [0.1, 0.15) is 12.4 Å². The fraction of sp³-hybridized carbons (Fsp3) is 0.571. The molecule has 0 aliphatic heterocycles.